The molecule has 0 radical (unpaired) electrons. The number of primary amides is 1. The monoisotopic (exact) mass is 354 g/mol. The van der Waals surface area contributed by atoms with Crippen molar-refractivity contribution in [3.8, 4) is 0 Å². The molecule has 0 aliphatic carbocycles. The molecular formula is C18H22N6O2. The normalized spacial score (nSPS) is 19.3. The van der Waals surface area contributed by atoms with Gasteiger partial charge in [-0.25, -0.2) is 9.67 Å². The fraction of sp³-hybridized carbons (Fsp3) is 0.444. The van der Waals surface area contributed by atoms with Crippen LogP contribution in [0.25, 0.3) is 0 Å². The highest BCUT2D eigenvalue weighted by Gasteiger charge is 2.32. The van der Waals surface area contributed by atoms with Crippen LogP contribution in [0.2, 0.25) is 0 Å². The summed E-state index contributed by atoms with van der Waals surface area (Å²) in [5.74, 6) is -0.0328. The zero-order chi connectivity index (χ0) is 18.3. The molecule has 0 unspecified atom stereocenters. The number of hydrogen-bond donors (Lipinski definition) is 2. The lowest BCUT2D eigenvalue weighted by Crippen LogP contribution is -2.28. The molecule has 8 heteroatoms. The van der Waals surface area contributed by atoms with Gasteiger partial charge in [0.2, 0.25) is 5.91 Å². The number of carbonyl (C=O) groups is 2. The highest BCUT2D eigenvalue weighted by Crippen LogP contribution is 2.40. The molecule has 1 aromatic heterocycles. The number of nitrogens with zero attached hydrogens (tertiary/aromatic N) is 4. The van der Waals surface area contributed by atoms with Crippen LogP contribution >= 0.6 is 0 Å². The summed E-state index contributed by atoms with van der Waals surface area (Å²) in [4.78, 5) is 30.9. The van der Waals surface area contributed by atoms with E-state index in [0.717, 1.165) is 48.7 Å². The second-order valence-corrected chi connectivity index (χ2v) is 6.75. The lowest BCUT2D eigenvalue weighted by atomic mass is 9.87. The lowest BCUT2D eigenvalue weighted by Gasteiger charge is -2.29. The largest absolute Gasteiger partial charge is 0.371 e. The highest BCUT2D eigenvalue weighted by molar-refractivity contribution is 6.02. The fourth-order valence-corrected chi connectivity index (χ4v) is 3.93. The molecule has 0 bridgehead atoms. The Labute approximate surface area is 151 Å². The first-order valence-corrected chi connectivity index (χ1v) is 8.98. The number of rotatable bonds is 4. The zero-order valence-electron chi connectivity index (χ0n) is 14.7. The van der Waals surface area contributed by atoms with Crippen molar-refractivity contribution in [2.75, 3.05) is 23.3 Å². The molecule has 26 heavy (non-hydrogen) atoms. The standard InChI is InChI=1S/C18H22N6O2/c1-2-24-18(20-10-21-24)12-8-16(25)22-14-9-15(23-5-3-4-6-23)13(17(19)26)7-11(12)14/h7,9-10,12H,2-6,8H2,1H3,(H2,19,26)(H,22,25)/t12-/m1/s1. The minimum Gasteiger partial charge on any atom is -0.371 e. The number of nitrogens with two attached hydrogens (primary N) is 1. The molecule has 1 aromatic carbocycles. The van der Waals surface area contributed by atoms with Crippen LogP contribution in [-0.2, 0) is 11.3 Å². The number of carbonyl (C=O) groups excluding carboxylic acids is 2. The third kappa shape index (κ3) is 2.71. The van der Waals surface area contributed by atoms with Crippen LogP contribution in [0, 0.1) is 0 Å². The molecule has 2 aliphatic heterocycles. The third-order valence-corrected chi connectivity index (χ3v) is 5.18. The Bertz CT molecular complexity index is 869. The van der Waals surface area contributed by atoms with E-state index in [4.69, 9.17) is 5.73 Å². The quantitative estimate of drug-likeness (QED) is 0.865. The number of anilines is 2. The first-order valence-electron chi connectivity index (χ1n) is 8.98. The van der Waals surface area contributed by atoms with Crippen LogP contribution in [0.3, 0.4) is 0 Å². The van der Waals surface area contributed by atoms with E-state index in [1.54, 1.807) is 4.68 Å². The number of hydrogen-bond acceptors (Lipinski definition) is 5. The molecule has 2 aromatic rings. The van der Waals surface area contributed by atoms with E-state index in [0.29, 0.717) is 12.1 Å². The van der Waals surface area contributed by atoms with E-state index < -0.39 is 5.91 Å². The van der Waals surface area contributed by atoms with Crippen molar-refractivity contribution in [1.82, 2.24) is 14.8 Å². The molecule has 2 aliphatic rings. The summed E-state index contributed by atoms with van der Waals surface area (Å²) < 4.78 is 1.78. The summed E-state index contributed by atoms with van der Waals surface area (Å²) in [6.45, 7) is 4.42. The number of aryl methyl sites for hydroxylation is 1. The molecular weight excluding hydrogens is 332 g/mol. The predicted molar refractivity (Wildman–Crippen MR) is 97.2 cm³/mol. The zero-order valence-corrected chi connectivity index (χ0v) is 14.7. The summed E-state index contributed by atoms with van der Waals surface area (Å²) in [5, 5.41) is 7.16. The molecule has 0 saturated carbocycles. The van der Waals surface area contributed by atoms with Gasteiger partial charge in [0.05, 0.1) is 17.2 Å². The highest BCUT2D eigenvalue weighted by atomic mass is 16.2. The van der Waals surface area contributed by atoms with Gasteiger partial charge in [-0.15, -0.1) is 0 Å². The maximum Gasteiger partial charge on any atom is 0.250 e. The summed E-state index contributed by atoms with van der Waals surface area (Å²) in [7, 11) is 0. The van der Waals surface area contributed by atoms with Gasteiger partial charge in [-0.2, -0.15) is 5.10 Å². The van der Waals surface area contributed by atoms with Crippen molar-refractivity contribution in [3.05, 3.63) is 35.4 Å². The van der Waals surface area contributed by atoms with Gasteiger partial charge in [0.15, 0.2) is 0 Å². The third-order valence-electron chi connectivity index (χ3n) is 5.18. The number of nitrogens with one attached hydrogen (secondary N) is 1. The molecule has 2 amide bonds. The van der Waals surface area contributed by atoms with Gasteiger partial charge in [-0.1, -0.05) is 0 Å². The van der Waals surface area contributed by atoms with E-state index in [9.17, 15) is 9.59 Å². The lowest BCUT2D eigenvalue weighted by molar-refractivity contribution is -0.116. The summed E-state index contributed by atoms with van der Waals surface area (Å²) in [5.41, 5.74) is 8.56. The van der Waals surface area contributed by atoms with Crippen LogP contribution in [0.15, 0.2) is 18.5 Å². The average Bonchev–Trinajstić information content (AvgIpc) is 3.31. The number of benzene rings is 1. The van der Waals surface area contributed by atoms with E-state index in [-0.39, 0.29) is 18.2 Å². The van der Waals surface area contributed by atoms with Crippen LogP contribution in [0.4, 0.5) is 11.4 Å². The van der Waals surface area contributed by atoms with Crippen LogP contribution in [-0.4, -0.2) is 39.7 Å². The second kappa shape index (κ2) is 6.44. The Morgan fingerprint density at radius 1 is 1.35 bits per heavy atom. The van der Waals surface area contributed by atoms with E-state index >= 15 is 0 Å². The van der Waals surface area contributed by atoms with E-state index in [1.807, 2.05) is 19.1 Å². The molecule has 1 saturated heterocycles. The molecule has 4 rings (SSSR count). The number of aromatic nitrogens is 3. The molecule has 3 heterocycles. The van der Waals surface area contributed by atoms with Gasteiger partial charge in [0.1, 0.15) is 12.2 Å². The summed E-state index contributed by atoms with van der Waals surface area (Å²) in [6, 6.07) is 3.71. The van der Waals surface area contributed by atoms with Crippen molar-refractivity contribution < 1.29 is 9.59 Å². The summed E-state index contributed by atoms with van der Waals surface area (Å²) >= 11 is 0. The molecule has 3 N–H and O–H groups in total. The van der Waals surface area contributed by atoms with Crippen molar-refractivity contribution >= 4 is 23.2 Å². The molecule has 8 nitrogen and oxygen atoms in total. The Hall–Kier alpha value is -2.90. The van der Waals surface area contributed by atoms with Crippen LogP contribution in [0.5, 0.6) is 0 Å². The first kappa shape index (κ1) is 16.6. The van der Waals surface area contributed by atoms with Gasteiger partial charge in [0, 0.05) is 31.7 Å². The Kier molecular flexibility index (Phi) is 4.10. The molecule has 1 fully saturated rings. The Morgan fingerprint density at radius 3 is 2.81 bits per heavy atom. The topological polar surface area (TPSA) is 106 Å². The number of fused-ring (bicyclic) bond motifs is 1. The Morgan fingerprint density at radius 2 is 2.12 bits per heavy atom. The van der Waals surface area contributed by atoms with Crippen molar-refractivity contribution in [1.29, 1.82) is 0 Å². The maximum atomic E-state index is 12.3. The van der Waals surface area contributed by atoms with Gasteiger partial charge < -0.3 is 16.0 Å². The van der Waals surface area contributed by atoms with Crippen molar-refractivity contribution in [2.45, 2.75) is 38.6 Å². The van der Waals surface area contributed by atoms with Crippen LogP contribution in [0.1, 0.15) is 53.8 Å². The van der Waals surface area contributed by atoms with Crippen molar-refractivity contribution in [3.63, 3.8) is 0 Å². The van der Waals surface area contributed by atoms with E-state index in [1.165, 1.54) is 6.33 Å². The van der Waals surface area contributed by atoms with E-state index in [2.05, 4.69) is 20.3 Å². The van der Waals surface area contributed by atoms with Gasteiger partial charge in [-0.3, -0.25) is 9.59 Å². The molecule has 136 valence electrons. The second-order valence-electron chi connectivity index (χ2n) is 6.75. The molecule has 0 spiro atoms. The average molecular weight is 354 g/mol. The minimum absolute atomic E-state index is 0.0626. The smallest absolute Gasteiger partial charge is 0.250 e. The van der Waals surface area contributed by atoms with Gasteiger partial charge >= 0.3 is 0 Å². The SMILES string of the molecule is CCn1ncnc1[C@@H]1CC(=O)Nc2cc(N3CCCC3)c(C(N)=O)cc21. The van der Waals surface area contributed by atoms with Crippen LogP contribution < -0.4 is 16.0 Å². The van der Waals surface area contributed by atoms with Gasteiger partial charge in [0.25, 0.3) is 5.91 Å². The minimum atomic E-state index is -0.456. The first-order chi connectivity index (χ1) is 12.6. The van der Waals surface area contributed by atoms with Gasteiger partial charge in [-0.05, 0) is 37.5 Å². The molecule has 1 atom stereocenters. The van der Waals surface area contributed by atoms with Crippen molar-refractivity contribution in [2.24, 2.45) is 5.73 Å². The fourth-order valence-electron chi connectivity index (χ4n) is 3.93. The number of amides is 2. The Balaban J connectivity index is 1.86. The predicted octanol–water partition coefficient (Wildman–Crippen LogP) is 1.47. The maximum absolute atomic E-state index is 12.3. The summed E-state index contributed by atoms with van der Waals surface area (Å²) in [6.07, 6.45) is 3.94.